The number of ether oxygens (including phenoxy) is 1. The Labute approximate surface area is 181 Å². The van der Waals surface area contributed by atoms with Crippen molar-refractivity contribution in [3.63, 3.8) is 0 Å². The Morgan fingerprint density at radius 1 is 1.35 bits per heavy atom. The van der Waals surface area contributed by atoms with E-state index in [0.29, 0.717) is 16.8 Å². The van der Waals surface area contributed by atoms with E-state index in [1.807, 2.05) is 16.8 Å². The summed E-state index contributed by atoms with van der Waals surface area (Å²) in [6.45, 7) is 1.97. The van der Waals surface area contributed by atoms with Gasteiger partial charge in [-0.1, -0.05) is 0 Å². The summed E-state index contributed by atoms with van der Waals surface area (Å²) in [5.74, 6) is -1.71. The maximum Gasteiger partial charge on any atom is 0.339 e. The number of carbonyl (C=O) groups excluding carboxylic acids is 1. The lowest BCUT2D eigenvalue weighted by Gasteiger charge is -2.30. The first-order valence-corrected chi connectivity index (χ1v) is 10.4. The van der Waals surface area contributed by atoms with Crippen LogP contribution in [0.4, 0.5) is 4.79 Å². The highest BCUT2D eigenvalue weighted by Gasteiger charge is 2.32. The second kappa shape index (κ2) is 8.15. The van der Waals surface area contributed by atoms with Gasteiger partial charge in [-0.2, -0.15) is 16.4 Å². The number of urea groups is 1. The van der Waals surface area contributed by atoms with Crippen LogP contribution in [0.3, 0.4) is 0 Å². The van der Waals surface area contributed by atoms with Gasteiger partial charge < -0.3 is 25.6 Å². The standard InChI is InChI=1S/C21H20N4O5S/c1-3-30-15-7-12(6-14(19(15)26)20(27)28)17-16(11-4-5-31-10-11)18(24-21(29)23-17)13-8-22-25(2)9-13/h4-10,17,26H,3H2,1-2H3,(H,27,28)(H2,23,24,29)/t17-/m0/s1. The molecule has 0 unspecified atom stereocenters. The fraction of sp³-hybridized carbons (Fsp3) is 0.190. The van der Waals surface area contributed by atoms with Gasteiger partial charge in [0.05, 0.1) is 24.5 Å². The van der Waals surface area contributed by atoms with Crippen LogP contribution in [0.25, 0.3) is 11.3 Å². The topological polar surface area (TPSA) is 126 Å². The summed E-state index contributed by atoms with van der Waals surface area (Å²) in [5, 5.41) is 33.7. The first kappa shape index (κ1) is 20.5. The van der Waals surface area contributed by atoms with E-state index in [-0.39, 0.29) is 17.9 Å². The Balaban J connectivity index is 1.96. The first-order valence-electron chi connectivity index (χ1n) is 9.45. The summed E-state index contributed by atoms with van der Waals surface area (Å²) >= 11 is 1.50. The van der Waals surface area contributed by atoms with Crippen LogP contribution in [0, 0.1) is 0 Å². The van der Waals surface area contributed by atoms with E-state index in [1.165, 1.54) is 17.4 Å². The number of aryl methyl sites for hydroxylation is 1. The lowest BCUT2D eigenvalue weighted by Crippen LogP contribution is -2.42. The molecule has 3 heterocycles. The molecule has 9 nitrogen and oxygen atoms in total. The van der Waals surface area contributed by atoms with E-state index in [9.17, 15) is 19.8 Å². The van der Waals surface area contributed by atoms with Crippen LogP contribution in [0.1, 0.15) is 40.0 Å². The molecule has 4 rings (SSSR count). The monoisotopic (exact) mass is 440 g/mol. The van der Waals surface area contributed by atoms with E-state index in [1.54, 1.807) is 37.1 Å². The molecule has 0 aliphatic carbocycles. The maximum absolute atomic E-state index is 12.6. The van der Waals surface area contributed by atoms with Gasteiger partial charge in [0, 0.05) is 24.4 Å². The minimum absolute atomic E-state index is 0.0396. The first-order chi connectivity index (χ1) is 14.9. The summed E-state index contributed by atoms with van der Waals surface area (Å²) in [6.07, 6.45) is 3.44. The zero-order chi connectivity index (χ0) is 22.1. The predicted octanol–water partition coefficient (Wildman–Crippen LogP) is 3.21. The third kappa shape index (κ3) is 3.84. The number of carbonyl (C=O) groups is 2. The third-order valence-corrected chi connectivity index (χ3v) is 5.54. The largest absolute Gasteiger partial charge is 0.504 e. The number of hydrogen-bond donors (Lipinski definition) is 4. The van der Waals surface area contributed by atoms with Gasteiger partial charge in [-0.05, 0) is 47.0 Å². The van der Waals surface area contributed by atoms with Gasteiger partial charge in [0.1, 0.15) is 5.56 Å². The van der Waals surface area contributed by atoms with Crippen molar-refractivity contribution in [1.29, 1.82) is 0 Å². The molecule has 0 saturated carbocycles. The molecule has 31 heavy (non-hydrogen) atoms. The lowest BCUT2D eigenvalue weighted by molar-refractivity contribution is 0.0692. The molecule has 2 aromatic heterocycles. The maximum atomic E-state index is 12.6. The van der Waals surface area contributed by atoms with Crippen LogP contribution in [-0.4, -0.2) is 38.6 Å². The summed E-state index contributed by atoms with van der Waals surface area (Å²) in [4.78, 5) is 24.3. The highest BCUT2D eigenvalue weighted by Crippen LogP contribution is 2.42. The highest BCUT2D eigenvalue weighted by atomic mass is 32.1. The summed E-state index contributed by atoms with van der Waals surface area (Å²) in [7, 11) is 1.78. The van der Waals surface area contributed by atoms with Crippen molar-refractivity contribution in [2.75, 3.05) is 6.61 Å². The number of nitrogens with one attached hydrogen (secondary N) is 2. The number of benzene rings is 1. The summed E-state index contributed by atoms with van der Waals surface area (Å²) in [5.41, 5.74) is 3.06. The Morgan fingerprint density at radius 3 is 2.77 bits per heavy atom. The number of rotatable bonds is 6. The number of phenols is 1. The average molecular weight is 440 g/mol. The minimum atomic E-state index is -1.30. The van der Waals surface area contributed by atoms with Crippen LogP contribution >= 0.6 is 11.3 Å². The van der Waals surface area contributed by atoms with Crippen molar-refractivity contribution >= 4 is 34.6 Å². The smallest absolute Gasteiger partial charge is 0.339 e. The van der Waals surface area contributed by atoms with Crippen LogP contribution < -0.4 is 15.4 Å². The second-order valence-corrected chi connectivity index (χ2v) is 7.67. The van der Waals surface area contributed by atoms with Gasteiger partial charge >= 0.3 is 12.0 Å². The molecule has 1 aliphatic rings. The number of hydrogen-bond acceptors (Lipinski definition) is 6. The molecule has 4 N–H and O–H groups in total. The van der Waals surface area contributed by atoms with Crippen molar-refractivity contribution in [2.24, 2.45) is 7.05 Å². The van der Waals surface area contributed by atoms with Crippen molar-refractivity contribution in [2.45, 2.75) is 13.0 Å². The second-order valence-electron chi connectivity index (χ2n) is 6.89. The lowest BCUT2D eigenvalue weighted by atomic mass is 9.88. The van der Waals surface area contributed by atoms with E-state index in [0.717, 1.165) is 11.1 Å². The number of thiophene rings is 1. The van der Waals surface area contributed by atoms with Gasteiger partial charge in [0.25, 0.3) is 0 Å². The van der Waals surface area contributed by atoms with Crippen molar-refractivity contribution in [3.8, 4) is 11.5 Å². The Morgan fingerprint density at radius 2 is 2.16 bits per heavy atom. The Bertz CT molecular complexity index is 1180. The normalized spacial score (nSPS) is 16.1. The molecule has 3 aromatic rings. The molecule has 0 spiro atoms. The van der Waals surface area contributed by atoms with Crippen LogP contribution in [-0.2, 0) is 7.05 Å². The number of aromatic hydroxyl groups is 1. The van der Waals surface area contributed by atoms with Gasteiger partial charge in [0.15, 0.2) is 11.5 Å². The Kier molecular flexibility index (Phi) is 5.38. The summed E-state index contributed by atoms with van der Waals surface area (Å²) < 4.78 is 7.09. The Hall–Kier alpha value is -3.79. The zero-order valence-corrected chi connectivity index (χ0v) is 17.6. The molecule has 10 heteroatoms. The zero-order valence-electron chi connectivity index (χ0n) is 16.7. The van der Waals surface area contributed by atoms with Gasteiger partial charge in [-0.3, -0.25) is 4.68 Å². The van der Waals surface area contributed by atoms with Crippen molar-refractivity contribution < 1.29 is 24.5 Å². The number of carboxylic acid groups (broad SMARTS) is 1. The van der Waals surface area contributed by atoms with Crippen molar-refractivity contribution in [3.05, 3.63) is 63.6 Å². The van der Waals surface area contributed by atoms with E-state index < -0.39 is 23.8 Å². The molecule has 160 valence electrons. The fourth-order valence-electron chi connectivity index (χ4n) is 3.55. The predicted molar refractivity (Wildman–Crippen MR) is 115 cm³/mol. The molecule has 0 saturated heterocycles. The molecular formula is C21H20N4O5S. The van der Waals surface area contributed by atoms with E-state index >= 15 is 0 Å². The van der Waals surface area contributed by atoms with Gasteiger partial charge in [0.2, 0.25) is 0 Å². The molecule has 1 aromatic carbocycles. The quantitative estimate of drug-likeness (QED) is 0.466. The van der Waals surface area contributed by atoms with Crippen LogP contribution in [0.5, 0.6) is 11.5 Å². The van der Waals surface area contributed by atoms with Gasteiger partial charge in [-0.25, -0.2) is 9.59 Å². The fourth-order valence-corrected chi connectivity index (χ4v) is 4.20. The number of carboxylic acids is 1. The molecule has 0 fully saturated rings. The number of aromatic nitrogens is 2. The molecule has 0 radical (unpaired) electrons. The summed E-state index contributed by atoms with van der Waals surface area (Å²) in [6, 6.07) is 3.70. The molecular weight excluding hydrogens is 420 g/mol. The molecule has 1 aliphatic heterocycles. The van der Waals surface area contributed by atoms with Crippen LogP contribution in [0.2, 0.25) is 0 Å². The van der Waals surface area contributed by atoms with Crippen molar-refractivity contribution in [1.82, 2.24) is 20.4 Å². The minimum Gasteiger partial charge on any atom is -0.504 e. The molecule has 0 bridgehead atoms. The van der Waals surface area contributed by atoms with Crippen LogP contribution in [0.15, 0.2) is 41.4 Å². The van der Waals surface area contributed by atoms with E-state index in [4.69, 9.17) is 4.74 Å². The number of nitrogens with zero attached hydrogens (tertiary/aromatic N) is 2. The third-order valence-electron chi connectivity index (χ3n) is 4.86. The molecule has 1 atom stereocenters. The highest BCUT2D eigenvalue weighted by molar-refractivity contribution is 7.08. The molecule has 2 amide bonds. The van der Waals surface area contributed by atoms with E-state index in [2.05, 4.69) is 15.7 Å². The number of aromatic carboxylic acids is 1. The SMILES string of the molecule is CCOc1cc([C@@H]2NC(=O)NC(c3cnn(C)c3)=C2c2ccsc2)cc(C(=O)O)c1O. The average Bonchev–Trinajstić information content (AvgIpc) is 3.40. The number of amides is 2. The van der Waals surface area contributed by atoms with Gasteiger partial charge in [-0.15, -0.1) is 0 Å².